The fourth-order valence-electron chi connectivity index (χ4n) is 1.72. The summed E-state index contributed by atoms with van der Waals surface area (Å²) < 4.78 is 47.6. The van der Waals surface area contributed by atoms with Gasteiger partial charge in [0.1, 0.15) is 6.04 Å². The molecule has 0 amide bonds. The number of halogens is 3. The van der Waals surface area contributed by atoms with Crippen molar-refractivity contribution >= 4 is 5.87 Å². The third-order valence-electron chi connectivity index (χ3n) is 2.46. The lowest BCUT2D eigenvalue weighted by Crippen LogP contribution is -2.39. The summed E-state index contributed by atoms with van der Waals surface area (Å²) in [4.78, 5) is 3.75. The molecule has 3 nitrogen and oxygen atoms in total. The lowest BCUT2D eigenvalue weighted by atomic mass is 10.1. The van der Waals surface area contributed by atoms with Crippen molar-refractivity contribution in [3.63, 3.8) is 0 Å². The van der Waals surface area contributed by atoms with Crippen molar-refractivity contribution in [2.45, 2.75) is 44.4 Å². The van der Waals surface area contributed by atoms with Gasteiger partial charge in [-0.05, 0) is 26.3 Å². The van der Waals surface area contributed by atoms with Gasteiger partial charge in [-0.3, -0.25) is 0 Å². The van der Waals surface area contributed by atoms with Crippen molar-refractivity contribution < 1.29 is 22.6 Å². The summed E-state index contributed by atoms with van der Waals surface area (Å²) in [6.07, 6.45) is -6.50. The van der Waals surface area contributed by atoms with Crippen LogP contribution in [-0.4, -0.2) is 36.6 Å². The van der Waals surface area contributed by atoms with Crippen LogP contribution in [0.5, 0.6) is 0 Å². The molecule has 0 bridgehead atoms. The highest BCUT2D eigenvalue weighted by molar-refractivity contribution is 5.47. The molecule has 1 rings (SSSR count). The van der Waals surface area contributed by atoms with E-state index >= 15 is 0 Å². The molecule has 1 aliphatic rings. The molecule has 0 aromatic carbocycles. The first-order valence-corrected chi connectivity index (χ1v) is 4.94. The molecule has 0 N–H and O–H groups in total. The molecule has 0 spiro atoms. The van der Waals surface area contributed by atoms with Crippen LogP contribution in [0.3, 0.4) is 0 Å². The van der Waals surface area contributed by atoms with E-state index in [0.717, 1.165) is 0 Å². The molecule has 0 saturated carbocycles. The quantitative estimate of drug-likeness (QED) is 0.705. The highest BCUT2D eigenvalue weighted by atomic mass is 19.4. The summed E-state index contributed by atoms with van der Waals surface area (Å²) in [7, 11) is 0. The molecule has 0 aromatic heterocycles. The van der Waals surface area contributed by atoms with Crippen molar-refractivity contribution in [3.05, 3.63) is 6.58 Å². The standard InChI is InChI=1S/C10H14F3NO2/c1-4-14-7-6-8(10(11,12)13)16-9(7,3)15-5-2/h7-8H,1,5-6H2,2-3H3/t7?,8-,9+/m1/s1. The van der Waals surface area contributed by atoms with Crippen LogP contribution < -0.4 is 0 Å². The van der Waals surface area contributed by atoms with E-state index in [4.69, 9.17) is 9.47 Å². The molecule has 0 radical (unpaired) electrons. The molecule has 1 aliphatic heterocycles. The van der Waals surface area contributed by atoms with Crippen LogP contribution in [0.15, 0.2) is 11.6 Å². The minimum absolute atomic E-state index is 0.254. The second-order valence-electron chi connectivity index (χ2n) is 3.64. The molecule has 6 heteroatoms. The highest BCUT2D eigenvalue weighted by Crippen LogP contribution is 2.40. The molecule has 92 valence electrons. The lowest BCUT2D eigenvalue weighted by Gasteiger charge is -2.27. The molecule has 1 fully saturated rings. The zero-order chi connectivity index (χ0) is 12.4. The van der Waals surface area contributed by atoms with Crippen LogP contribution in [0.1, 0.15) is 20.3 Å². The third kappa shape index (κ3) is 2.64. The van der Waals surface area contributed by atoms with Crippen molar-refractivity contribution in [1.29, 1.82) is 0 Å². The topological polar surface area (TPSA) is 30.8 Å². The van der Waals surface area contributed by atoms with Crippen molar-refractivity contribution in [2.75, 3.05) is 6.61 Å². The Bertz CT molecular complexity index is 299. The van der Waals surface area contributed by atoms with E-state index in [9.17, 15) is 13.2 Å². The van der Waals surface area contributed by atoms with E-state index in [1.54, 1.807) is 6.92 Å². The zero-order valence-corrected chi connectivity index (χ0v) is 9.17. The number of hydrogen-bond donors (Lipinski definition) is 0. The monoisotopic (exact) mass is 237 g/mol. The Morgan fingerprint density at radius 3 is 2.69 bits per heavy atom. The number of alkyl halides is 3. The number of rotatable bonds is 3. The Balaban J connectivity index is 2.87. The van der Waals surface area contributed by atoms with Crippen LogP contribution in [0, 0.1) is 0 Å². The van der Waals surface area contributed by atoms with Gasteiger partial charge in [-0.1, -0.05) is 0 Å². The summed E-state index contributed by atoms with van der Waals surface area (Å²) in [6.45, 7) is 6.64. The fraction of sp³-hybridized carbons (Fsp3) is 0.800. The van der Waals surface area contributed by atoms with E-state index in [2.05, 4.69) is 17.4 Å². The number of hydrogen-bond acceptors (Lipinski definition) is 3. The highest BCUT2D eigenvalue weighted by Gasteiger charge is 2.55. The largest absolute Gasteiger partial charge is 0.414 e. The fourth-order valence-corrected chi connectivity index (χ4v) is 1.72. The smallest absolute Gasteiger partial charge is 0.348 e. The average Bonchev–Trinajstić information content (AvgIpc) is 2.45. The molecule has 0 aromatic rings. The van der Waals surface area contributed by atoms with Crippen molar-refractivity contribution in [1.82, 2.24) is 0 Å². The number of aliphatic imine (C=N–C) groups is 1. The van der Waals surface area contributed by atoms with Gasteiger partial charge in [0.05, 0.1) is 0 Å². The summed E-state index contributed by atoms with van der Waals surface area (Å²) >= 11 is 0. The van der Waals surface area contributed by atoms with Crippen LogP contribution in [-0.2, 0) is 9.47 Å². The number of nitrogens with zero attached hydrogens (tertiary/aromatic N) is 1. The van der Waals surface area contributed by atoms with Gasteiger partial charge < -0.3 is 9.47 Å². The Morgan fingerprint density at radius 1 is 1.62 bits per heavy atom. The Kier molecular flexibility index (Phi) is 3.78. The molecule has 1 heterocycles. The van der Waals surface area contributed by atoms with Crippen LogP contribution in [0.2, 0.25) is 0 Å². The van der Waals surface area contributed by atoms with Gasteiger partial charge in [0.25, 0.3) is 0 Å². The Morgan fingerprint density at radius 2 is 2.25 bits per heavy atom. The summed E-state index contributed by atoms with van der Waals surface area (Å²) in [5, 5.41) is 0. The first-order chi connectivity index (χ1) is 7.33. The maximum absolute atomic E-state index is 12.5. The maximum atomic E-state index is 12.5. The normalized spacial score (nSPS) is 34.8. The first-order valence-electron chi connectivity index (χ1n) is 4.94. The first kappa shape index (κ1) is 13.2. The zero-order valence-electron chi connectivity index (χ0n) is 9.17. The van der Waals surface area contributed by atoms with Gasteiger partial charge in [-0.2, -0.15) is 13.2 Å². The van der Waals surface area contributed by atoms with E-state index in [0.29, 0.717) is 0 Å². The SMILES string of the molecule is C=C=NC1C[C@H](C(F)(F)F)O[C@]1(C)OCC. The average molecular weight is 237 g/mol. The molecular formula is C10H14F3NO2. The molecule has 1 saturated heterocycles. The van der Waals surface area contributed by atoms with E-state index in [-0.39, 0.29) is 13.0 Å². The summed E-state index contributed by atoms with van der Waals surface area (Å²) in [5.74, 6) is 0.895. The second kappa shape index (κ2) is 4.57. The van der Waals surface area contributed by atoms with Crippen LogP contribution in [0.4, 0.5) is 13.2 Å². The minimum Gasteiger partial charge on any atom is -0.348 e. The third-order valence-corrected chi connectivity index (χ3v) is 2.46. The molecular weight excluding hydrogens is 223 g/mol. The van der Waals surface area contributed by atoms with Gasteiger partial charge >= 0.3 is 6.18 Å². The van der Waals surface area contributed by atoms with Gasteiger partial charge in [0, 0.05) is 13.0 Å². The summed E-state index contributed by atoms with van der Waals surface area (Å²) in [5.41, 5.74) is 0. The van der Waals surface area contributed by atoms with E-state index in [1.165, 1.54) is 6.92 Å². The van der Waals surface area contributed by atoms with E-state index in [1.807, 2.05) is 0 Å². The Labute approximate surface area is 91.9 Å². The van der Waals surface area contributed by atoms with Crippen LogP contribution >= 0.6 is 0 Å². The Hall–Kier alpha value is -0.840. The molecule has 16 heavy (non-hydrogen) atoms. The maximum Gasteiger partial charge on any atom is 0.414 e. The second-order valence-corrected chi connectivity index (χ2v) is 3.64. The van der Waals surface area contributed by atoms with E-state index < -0.39 is 24.1 Å². The summed E-state index contributed by atoms with van der Waals surface area (Å²) in [6, 6.07) is -0.725. The van der Waals surface area contributed by atoms with Crippen molar-refractivity contribution in [3.8, 4) is 0 Å². The molecule has 1 unspecified atom stereocenters. The van der Waals surface area contributed by atoms with Gasteiger partial charge in [-0.15, -0.1) is 0 Å². The lowest BCUT2D eigenvalue weighted by molar-refractivity contribution is -0.281. The van der Waals surface area contributed by atoms with Gasteiger partial charge in [-0.25, -0.2) is 4.99 Å². The minimum atomic E-state index is -4.40. The van der Waals surface area contributed by atoms with Gasteiger partial charge in [0.2, 0.25) is 0 Å². The molecule has 3 atom stereocenters. The van der Waals surface area contributed by atoms with Gasteiger partial charge in [0.15, 0.2) is 11.9 Å². The van der Waals surface area contributed by atoms with Crippen LogP contribution in [0.25, 0.3) is 0 Å². The predicted octanol–water partition coefficient (Wildman–Crippen LogP) is 2.31. The van der Waals surface area contributed by atoms with Crippen molar-refractivity contribution in [2.24, 2.45) is 4.99 Å². The number of ether oxygens (including phenoxy) is 2. The molecule has 0 aliphatic carbocycles. The predicted molar refractivity (Wildman–Crippen MR) is 52.4 cm³/mol.